The summed E-state index contributed by atoms with van der Waals surface area (Å²) in [5, 5.41) is 16.8. The number of hydrogen-bond donors (Lipinski definition) is 3. The van der Waals surface area contributed by atoms with E-state index in [2.05, 4.69) is 36.4 Å². The van der Waals surface area contributed by atoms with Crippen molar-refractivity contribution in [3.63, 3.8) is 0 Å². The van der Waals surface area contributed by atoms with Crippen molar-refractivity contribution in [3.8, 4) is 0 Å². The average Bonchev–Trinajstić information content (AvgIpc) is 2.39. The Bertz CT molecular complexity index is 287. The van der Waals surface area contributed by atoms with E-state index in [0.29, 0.717) is 12.6 Å². The zero-order chi connectivity index (χ0) is 14.8. The van der Waals surface area contributed by atoms with Gasteiger partial charge in [0.1, 0.15) is 0 Å². The molecule has 4 nitrogen and oxygen atoms in total. The summed E-state index contributed by atoms with van der Waals surface area (Å²) in [4.78, 5) is 4.54. The van der Waals surface area contributed by atoms with E-state index in [4.69, 9.17) is 0 Å². The molecule has 0 radical (unpaired) electrons. The van der Waals surface area contributed by atoms with Crippen LogP contribution in [0.4, 0.5) is 0 Å². The van der Waals surface area contributed by atoms with Crippen LogP contribution in [0, 0.1) is 0 Å². The van der Waals surface area contributed by atoms with Gasteiger partial charge in [0.25, 0.3) is 0 Å². The molecule has 0 spiro atoms. The number of nitrogens with zero attached hydrogens (tertiary/aromatic N) is 1. The van der Waals surface area contributed by atoms with Crippen LogP contribution in [0.15, 0.2) is 4.99 Å². The molecule has 0 heterocycles. The van der Waals surface area contributed by atoms with Crippen LogP contribution in [0.5, 0.6) is 0 Å². The van der Waals surface area contributed by atoms with Gasteiger partial charge in [0.2, 0.25) is 0 Å². The largest absolute Gasteiger partial charge is 0.388 e. The molecule has 0 aliphatic heterocycles. The summed E-state index contributed by atoms with van der Waals surface area (Å²) < 4.78 is 0. The highest BCUT2D eigenvalue weighted by atomic mass is 16.3. The van der Waals surface area contributed by atoms with Crippen LogP contribution in [0.1, 0.15) is 72.1 Å². The smallest absolute Gasteiger partial charge is 0.191 e. The summed E-state index contributed by atoms with van der Waals surface area (Å²) in [6.45, 7) is 7.89. The Labute approximate surface area is 124 Å². The Hall–Kier alpha value is -0.770. The first-order valence-electron chi connectivity index (χ1n) is 8.37. The van der Waals surface area contributed by atoms with Crippen molar-refractivity contribution < 1.29 is 5.11 Å². The van der Waals surface area contributed by atoms with Crippen LogP contribution in [-0.4, -0.2) is 35.8 Å². The molecule has 1 aliphatic rings. The van der Waals surface area contributed by atoms with Crippen LogP contribution < -0.4 is 10.6 Å². The summed E-state index contributed by atoms with van der Waals surface area (Å²) in [6, 6.07) is 0.431. The van der Waals surface area contributed by atoms with E-state index in [-0.39, 0.29) is 0 Å². The van der Waals surface area contributed by atoms with Crippen molar-refractivity contribution in [1.82, 2.24) is 10.6 Å². The number of nitrogens with one attached hydrogen (secondary N) is 2. The van der Waals surface area contributed by atoms with Gasteiger partial charge in [0.05, 0.1) is 12.1 Å². The summed E-state index contributed by atoms with van der Waals surface area (Å²) in [7, 11) is 0. The van der Waals surface area contributed by atoms with Gasteiger partial charge in [-0.1, -0.05) is 32.6 Å². The maximum atomic E-state index is 10.1. The molecule has 1 aliphatic carbocycles. The third-order valence-electron chi connectivity index (χ3n) is 4.03. The van der Waals surface area contributed by atoms with Gasteiger partial charge < -0.3 is 15.7 Å². The maximum absolute atomic E-state index is 10.1. The fourth-order valence-corrected chi connectivity index (χ4v) is 2.47. The first-order valence-corrected chi connectivity index (χ1v) is 8.37. The second kappa shape index (κ2) is 9.22. The first kappa shape index (κ1) is 17.3. The van der Waals surface area contributed by atoms with Gasteiger partial charge in [-0.15, -0.1) is 0 Å². The quantitative estimate of drug-likeness (QED) is 0.346. The molecule has 0 aromatic rings. The van der Waals surface area contributed by atoms with Gasteiger partial charge in [-0.05, 0) is 39.5 Å². The highest BCUT2D eigenvalue weighted by molar-refractivity contribution is 5.80. The molecule has 118 valence electrons. The molecule has 1 saturated carbocycles. The van der Waals surface area contributed by atoms with Crippen molar-refractivity contribution in [2.75, 3.05) is 13.1 Å². The van der Waals surface area contributed by atoms with Gasteiger partial charge >= 0.3 is 0 Å². The number of rotatable bonds is 9. The van der Waals surface area contributed by atoms with Crippen molar-refractivity contribution in [2.45, 2.75) is 83.8 Å². The standard InChI is InChI=1S/C16H33N3O/c1-4-6-7-8-10-14(3)19-15(17-5-2)18-13-16(20)11-9-12-16/h14,20H,4-13H2,1-3H3,(H2,17,18,19). The Morgan fingerprint density at radius 1 is 1.25 bits per heavy atom. The summed E-state index contributed by atoms with van der Waals surface area (Å²) in [6.07, 6.45) is 9.28. The normalized spacial score (nSPS) is 19.3. The molecule has 4 heteroatoms. The second-order valence-electron chi connectivity index (χ2n) is 6.17. The van der Waals surface area contributed by atoms with Crippen molar-refractivity contribution in [2.24, 2.45) is 4.99 Å². The minimum absolute atomic E-state index is 0.431. The van der Waals surface area contributed by atoms with E-state index in [1.54, 1.807) is 0 Å². The number of unbranched alkanes of at least 4 members (excludes halogenated alkanes) is 3. The molecule has 1 rings (SSSR count). The van der Waals surface area contributed by atoms with E-state index in [1.165, 1.54) is 32.1 Å². The highest BCUT2D eigenvalue weighted by Gasteiger charge is 2.34. The van der Waals surface area contributed by atoms with E-state index < -0.39 is 5.60 Å². The second-order valence-corrected chi connectivity index (χ2v) is 6.17. The van der Waals surface area contributed by atoms with Gasteiger partial charge in [0, 0.05) is 12.6 Å². The van der Waals surface area contributed by atoms with E-state index in [1.807, 2.05) is 0 Å². The van der Waals surface area contributed by atoms with Crippen LogP contribution in [-0.2, 0) is 0 Å². The molecule has 0 bridgehead atoms. The van der Waals surface area contributed by atoms with E-state index in [9.17, 15) is 5.11 Å². The van der Waals surface area contributed by atoms with Gasteiger partial charge in [-0.3, -0.25) is 4.99 Å². The van der Waals surface area contributed by atoms with Gasteiger partial charge in [-0.2, -0.15) is 0 Å². The third-order valence-corrected chi connectivity index (χ3v) is 4.03. The van der Waals surface area contributed by atoms with Crippen LogP contribution in [0.2, 0.25) is 0 Å². The minimum atomic E-state index is -0.535. The molecule has 3 N–H and O–H groups in total. The molecule has 0 aromatic heterocycles. The van der Waals surface area contributed by atoms with Crippen molar-refractivity contribution >= 4 is 5.96 Å². The van der Waals surface area contributed by atoms with Crippen LogP contribution >= 0.6 is 0 Å². The zero-order valence-electron chi connectivity index (χ0n) is 13.5. The lowest BCUT2D eigenvalue weighted by Crippen LogP contribution is -2.45. The number of aliphatic imine (C=N–C) groups is 1. The summed E-state index contributed by atoms with van der Waals surface area (Å²) in [5.74, 6) is 0.843. The molecule has 0 aromatic carbocycles. The Morgan fingerprint density at radius 2 is 2.00 bits per heavy atom. The minimum Gasteiger partial charge on any atom is -0.388 e. The van der Waals surface area contributed by atoms with E-state index in [0.717, 1.165) is 31.8 Å². The van der Waals surface area contributed by atoms with Crippen molar-refractivity contribution in [3.05, 3.63) is 0 Å². The lowest BCUT2D eigenvalue weighted by Gasteiger charge is -2.35. The number of guanidine groups is 1. The Balaban J connectivity index is 2.31. The van der Waals surface area contributed by atoms with Gasteiger partial charge in [-0.25, -0.2) is 0 Å². The molecular weight excluding hydrogens is 250 g/mol. The summed E-state index contributed by atoms with van der Waals surface area (Å²) in [5.41, 5.74) is -0.535. The zero-order valence-corrected chi connectivity index (χ0v) is 13.5. The Morgan fingerprint density at radius 3 is 2.55 bits per heavy atom. The molecule has 1 fully saturated rings. The third kappa shape index (κ3) is 6.60. The fourth-order valence-electron chi connectivity index (χ4n) is 2.47. The van der Waals surface area contributed by atoms with Crippen LogP contribution in [0.25, 0.3) is 0 Å². The molecule has 1 unspecified atom stereocenters. The Kier molecular flexibility index (Phi) is 7.97. The number of hydrogen-bond acceptors (Lipinski definition) is 2. The highest BCUT2D eigenvalue weighted by Crippen LogP contribution is 2.31. The fraction of sp³-hybridized carbons (Fsp3) is 0.938. The summed E-state index contributed by atoms with van der Waals surface area (Å²) >= 11 is 0. The topological polar surface area (TPSA) is 56.7 Å². The molecule has 1 atom stereocenters. The average molecular weight is 283 g/mol. The molecule has 0 saturated heterocycles. The maximum Gasteiger partial charge on any atom is 0.191 e. The van der Waals surface area contributed by atoms with E-state index >= 15 is 0 Å². The van der Waals surface area contributed by atoms with Gasteiger partial charge in [0.15, 0.2) is 5.96 Å². The van der Waals surface area contributed by atoms with Crippen molar-refractivity contribution in [1.29, 1.82) is 0 Å². The number of aliphatic hydroxyl groups is 1. The molecule has 0 amide bonds. The first-order chi connectivity index (χ1) is 9.59. The SMILES string of the molecule is CCCCCCC(C)NC(=NCC1(O)CCC1)NCC. The lowest BCUT2D eigenvalue weighted by molar-refractivity contribution is -0.0236. The predicted molar refractivity (Wildman–Crippen MR) is 86.1 cm³/mol. The lowest BCUT2D eigenvalue weighted by atomic mass is 9.80. The van der Waals surface area contributed by atoms with Crippen LogP contribution in [0.3, 0.4) is 0 Å². The monoisotopic (exact) mass is 283 g/mol. The molecule has 20 heavy (non-hydrogen) atoms. The predicted octanol–water partition coefficient (Wildman–Crippen LogP) is 2.82. The molecular formula is C16H33N3O.